The van der Waals surface area contributed by atoms with Gasteiger partial charge in [0.15, 0.2) is 0 Å². The van der Waals surface area contributed by atoms with Crippen LogP contribution in [0.3, 0.4) is 0 Å². The first kappa shape index (κ1) is 22.6. The van der Waals surface area contributed by atoms with Crippen LogP contribution >= 0.6 is 0 Å². The molecule has 8 heteroatoms. The molecule has 0 atom stereocenters. The normalized spacial score (nSPS) is 25.1. The summed E-state index contributed by atoms with van der Waals surface area (Å²) in [4.78, 5) is 19.0. The number of piperidine rings is 1. The van der Waals surface area contributed by atoms with Gasteiger partial charge in [-0.2, -0.15) is 0 Å². The molecule has 1 aliphatic carbocycles. The number of nitrogens with one attached hydrogen (secondary N) is 2. The fourth-order valence-corrected chi connectivity index (χ4v) is 4.20. The van der Waals surface area contributed by atoms with E-state index in [1.807, 2.05) is 19.9 Å². The monoisotopic (exact) mass is 419 g/mol. The summed E-state index contributed by atoms with van der Waals surface area (Å²) in [6, 6.07) is 2.00. The van der Waals surface area contributed by atoms with E-state index in [0.29, 0.717) is 43.9 Å². The third-order valence-electron chi connectivity index (χ3n) is 6.03. The summed E-state index contributed by atoms with van der Waals surface area (Å²) in [6.07, 6.45) is 7.71. The van der Waals surface area contributed by atoms with E-state index in [-0.39, 0.29) is 18.0 Å². The quantitative estimate of drug-likeness (QED) is 0.511. The number of carbonyl (C=O) groups is 1. The predicted octanol–water partition coefficient (Wildman–Crippen LogP) is 2.14. The Balaban J connectivity index is 1.49. The maximum atomic E-state index is 12.3. The molecule has 0 unspecified atom stereocenters. The Hall–Kier alpha value is -2.06. The summed E-state index contributed by atoms with van der Waals surface area (Å²) in [5.41, 5.74) is 6.18. The van der Waals surface area contributed by atoms with E-state index >= 15 is 0 Å². The van der Waals surface area contributed by atoms with Crippen LogP contribution < -0.4 is 21.1 Å². The Kier molecular flexibility index (Phi) is 7.77. The zero-order valence-electron chi connectivity index (χ0n) is 18.3. The van der Waals surface area contributed by atoms with Gasteiger partial charge < -0.3 is 26.2 Å². The molecule has 168 valence electrons. The zero-order chi connectivity index (χ0) is 21.6. The van der Waals surface area contributed by atoms with Gasteiger partial charge in [0.2, 0.25) is 5.88 Å². The summed E-state index contributed by atoms with van der Waals surface area (Å²) in [5, 5.41) is 16.9. The summed E-state index contributed by atoms with van der Waals surface area (Å²) < 4.78 is 5.85. The molecule has 1 amide bonds. The minimum Gasteiger partial charge on any atom is -0.476 e. The molecule has 8 nitrogen and oxygen atoms in total. The first-order valence-electron chi connectivity index (χ1n) is 11.3. The van der Waals surface area contributed by atoms with Crippen LogP contribution in [0, 0.1) is 0 Å². The number of rotatable bonds is 8. The average molecular weight is 420 g/mol. The lowest BCUT2D eigenvalue weighted by atomic mass is 9.81. The minimum absolute atomic E-state index is 0.0160. The molecular formula is C22H37N5O3. The van der Waals surface area contributed by atoms with E-state index in [1.165, 1.54) is 19.3 Å². The Bertz CT molecular complexity index is 698. The number of nitrogens with two attached hydrogens (primary N) is 1. The van der Waals surface area contributed by atoms with Crippen LogP contribution in [0.5, 0.6) is 5.88 Å². The van der Waals surface area contributed by atoms with Crippen molar-refractivity contribution in [1.29, 1.82) is 0 Å². The van der Waals surface area contributed by atoms with Gasteiger partial charge in [0, 0.05) is 24.7 Å². The van der Waals surface area contributed by atoms with E-state index in [0.717, 1.165) is 25.3 Å². The van der Waals surface area contributed by atoms with Crippen molar-refractivity contribution in [3.63, 3.8) is 0 Å². The molecule has 1 saturated heterocycles. The average Bonchev–Trinajstić information content (AvgIpc) is 2.72. The summed E-state index contributed by atoms with van der Waals surface area (Å²) in [5.74, 6) is 0.288. The largest absolute Gasteiger partial charge is 0.476 e. The van der Waals surface area contributed by atoms with Gasteiger partial charge in [0.25, 0.3) is 5.91 Å². The first-order valence-corrected chi connectivity index (χ1v) is 11.3. The number of hydrogen-bond acceptors (Lipinski definition) is 7. The van der Waals surface area contributed by atoms with Crippen molar-refractivity contribution in [3.8, 4) is 5.88 Å². The van der Waals surface area contributed by atoms with Gasteiger partial charge in [-0.15, -0.1) is 0 Å². The van der Waals surface area contributed by atoms with E-state index in [1.54, 1.807) is 6.20 Å². The number of pyridine rings is 1. The molecule has 2 heterocycles. The minimum atomic E-state index is -1.28. The Morgan fingerprint density at radius 2 is 2.03 bits per heavy atom. The van der Waals surface area contributed by atoms with Crippen LogP contribution in [0.25, 0.3) is 0 Å². The molecule has 0 bridgehead atoms. The number of nitrogen functional groups attached to an aromatic ring is 1. The third kappa shape index (κ3) is 6.22. The molecule has 0 radical (unpaired) electrons. The molecular weight excluding hydrogens is 382 g/mol. The molecule has 1 aromatic rings. The molecule has 5 N–H and O–H groups in total. The van der Waals surface area contributed by atoms with E-state index in [9.17, 15) is 9.90 Å². The molecule has 0 spiro atoms. The molecule has 1 aliphatic heterocycles. The Morgan fingerprint density at radius 1 is 1.33 bits per heavy atom. The van der Waals surface area contributed by atoms with Crippen molar-refractivity contribution in [2.24, 2.45) is 0 Å². The lowest BCUT2D eigenvalue weighted by molar-refractivity contribution is -0.143. The Morgan fingerprint density at radius 3 is 2.70 bits per heavy atom. The molecule has 2 fully saturated rings. The highest BCUT2D eigenvalue weighted by atomic mass is 16.5. The number of anilines is 2. The van der Waals surface area contributed by atoms with Crippen LogP contribution in [0.2, 0.25) is 0 Å². The molecule has 1 saturated carbocycles. The number of carbonyl (C=O) groups excluding carboxylic acids is 1. The molecule has 3 rings (SSSR count). The molecule has 1 aromatic heterocycles. The number of likely N-dealkylation sites (tertiary alicyclic amines) is 1. The van der Waals surface area contributed by atoms with Gasteiger partial charge in [0.05, 0.1) is 17.6 Å². The van der Waals surface area contributed by atoms with Crippen molar-refractivity contribution >= 4 is 17.3 Å². The van der Waals surface area contributed by atoms with Gasteiger partial charge >= 0.3 is 0 Å². The van der Waals surface area contributed by atoms with Crippen molar-refractivity contribution in [2.75, 3.05) is 37.3 Å². The van der Waals surface area contributed by atoms with Crippen molar-refractivity contribution in [1.82, 2.24) is 15.2 Å². The van der Waals surface area contributed by atoms with E-state index in [2.05, 4.69) is 20.5 Å². The van der Waals surface area contributed by atoms with Crippen molar-refractivity contribution in [3.05, 3.63) is 12.3 Å². The second-order valence-electron chi connectivity index (χ2n) is 8.94. The predicted molar refractivity (Wildman–Crippen MR) is 119 cm³/mol. The van der Waals surface area contributed by atoms with Crippen molar-refractivity contribution < 1.29 is 14.6 Å². The highest BCUT2D eigenvalue weighted by Crippen LogP contribution is 2.32. The molecule has 0 aromatic carbocycles. The van der Waals surface area contributed by atoms with Gasteiger partial charge in [-0.05, 0) is 65.5 Å². The van der Waals surface area contributed by atoms with Gasteiger partial charge in [-0.25, -0.2) is 4.98 Å². The second-order valence-corrected chi connectivity index (χ2v) is 8.94. The molecule has 2 aliphatic rings. The second kappa shape index (κ2) is 10.3. The fourth-order valence-electron chi connectivity index (χ4n) is 4.20. The number of hydrogen-bond donors (Lipinski definition) is 4. The maximum Gasteiger partial charge on any atom is 0.252 e. The van der Waals surface area contributed by atoms with Crippen molar-refractivity contribution in [2.45, 2.75) is 76.5 Å². The standard InChI is InChI=1S/C22H37N5O3/c1-16(2)25-21(28)22(29)8-6-17(7-9-22)26-19-14-20(24-15-18(19)23)30-13-12-27-10-4-3-5-11-27/h14-17,29H,3-13,23H2,1-2H3,(H,24,26)(H,25,28)/t17-,22+. The van der Waals surface area contributed by atoms with Gasteiger partial charge in [-0.3, -0.25) is 9.69 Å². The maximum absolute atomic E-state index is 12.3. The number of aromatic nitrogens is 1. The van der Waals surface area contributed by atoms with Crippen LogP contribution in [-0.2, 0) is 4.79 Å². The lowest BCUT2D eigenvalue weighted by Gasteiger charge is -2.36. The van der Waals surface area contributed by atoms with Crippen LogP contribution in [0.15, 0.2) is 12.3 Å². The highest BCUT2D eigenvalue weighted by molar-refractivity contribution is 5.85. The van der Waals surface area contributed by atoms with Gasteiger partial charge in [0.1, 0.15) is 12.2 Å². The number of nitrogens with zero attached hydrogens (tertiary/aromatic N) is 2. The Labute approximate surface area is 179 Å². The fraction of sp³-hybridized carbons (Fsp3) is 0.727. The topological polar surface area (TPSA) is 113 Å². The molecule has 30 heavy (non-hydrogen) atoms. The highest BCUT2D eigenvalue weighted by Gasteiger charge is 2.40. The zero-order valence-corrected chi connectivity index (χ0v) is 18.3. The van der Waals surface area contributed by atoms with E-state index < -0.39 is 5.60 Å². The summed E-state index contributed by atoms with van der Waals surface area (Å²) in [6.45, 7) is 7.61. The summed E-state index contributed by atoms with van der Waals surface area (Å²) in [7, 11) is 0. The summed E-state index contributed by atoms with van der Waals surface area (Å²) >= 11 is 0. The first-order chi connectivity index (χ1) is 14.4. The van der Waals surface area contributed by atoms with Crippen LogP contribution in [0.1, 0.15) is 58.8 Å². The van der Waals surface area contributed by atoms with Crippen LogP contribution in [-0.4, -0.2) is 64.8 Å². The van der Waals surface area contributed by atoms with Crippen LogP contribution in [0.4, 0.5) is 11.4 Å². The van der Waals surface area contributed by atoms with E-state index in [4.69, 9.17) is 10.5 Å². The smallest absolute Gasteiger partial charge is 0.252 e. The number of ether oxygens (including phenoxy) is 1. The van der Waals surface area contributed by atoms with Gasteiger partial charge in [-0.1, -0.05) is 6.42 Å². The number of amides is 1. The lowest BCUT2D eigenvalue weighted by Crippen LogP contribution is -2.52. The third-order valence-corrected chi connectivity index (χ3v) is 6.03. The number of aliphatic hydroxyl groups is 1. The SMILES string of the molecule is CC(C)NC(=O)[C@]1(O)CC[C@@H](Nc2cc(OCCN3CCCCC3)ncc2N)CC1.